The fourth-order valence-electron chi connectivity index (χ4n) is 1.01. The standard InChI is InChI=1S/C9H5BrN4/c10-7-1-2-9(12-6-7)14-4-3-8(5-11)13-14/h1-4,6H. The SMILES string of the molecule is N#Cc1ccn(-c2ccc(Br)cn2)n1. The topological polar surface area (TPSA) is 54.5 Å². The van der Waals surface area contributed by atoms with Crippen LogP contribution in [0.15, 0.2) is 35.1 Å². The maximum Gasteiger partial charge on any atom is 0.162 e. The molecule has 0 aliphatic heterocycles. The summed E-state index contributed by atoms with van der Waals surface area (Å²) in [7, 11) is 0. The molecule has 2 aromatic heterocycles. The molecule has 0 bridgehead atoms. The van der Waals surface area contributed by atoms with E-state index in [0.717, 1.165) is 4.47 Å². The normalized spacial score (nSPS) is 9.71. The van der Waals surface area contributed by atoms with Crippen LogP contribution in [-0.2, 0) is 0 Å². The van der Waals surface area contributed by atoms with Crippen molar-refractivity contribution < 1.29 is 0 Å². The first-order valence-corrected chi connectivity index (χ1v) is 4.66. The number of rotatable bonds is 1. The molecule has 0 fully saturated rings. The van der Waals surface area contributed by atoms with Crippen LogP contribution in [0.4, 0.5) is 0 Å². The first kappa shape index (κ1) is 8.91. The summed E-state index contributed by atoms with van der Waals surface area (Å²) in [5.41, 5.74) is 0.384. The van der Waals surface area contributed by atoms with Crippen LogP contribution in [0.25, 0.3) is 5.82 Å². The summed E-state index contributed by atoms with van der Waals surface area (Å²) < 4.78 is 2.47. The summed E-state index contributed by atoms with van der Waals surface area (Å²) in [4.78, 5) is 4.14. The predicted octanol–water partition coefficient (Wildman–Crippen LogP) is 1.90. The van der Waals surface area contributed by atoms with E-state index in [1.54, 1.807) is 23.1 Å². The highest BCUT2D eigenvalue weighted by Gasteiger charge is 2.00. The third-order valence-electron chi connectivity index (χ3n) is 1.65. The van der Waals surface area contributed by atoms with E-state index < -0.39 is 0 Å². The Labute approximate surface area is 88.9 Å². The molecule has 0 atom stereocenters. The minimum atomic E-state index is 0.384. The van der Waals surface area contributed by atoms with E-state index in [1.165, 1.54) is 0 Å². The first-order chi connectivity index (χ1) is 6.79. The van der Waals surface area contributed by atoms with Crippen LogP contribution in [0.2, 0.25) is 0 Å². The molecule has 0 saturated heterocycles. The van der Waals surface area contributed by atoms with Crippen LogP contribution < -0.4 is 0 Å². The van der Waals surface area contributed by atoms with Gasteiger partial charge in [0.05, 0.1) is 0 Å². The fourth-order valence-corrected chi connectivity index (χ4v) is 1.25. The molecule has 0 aliphatic rings. The molecule has 2 aromatic rings. The molecule has 5 heteroatoms. The highest BCUT2D eigenvalue weighted by atomic mass is 79.9. The molecule has 4 nitrogen and oxygen atoms in total. The molecule has 14 heavy (non-hydrogen) atoms. The molecule has 0 saturated carbocycles. The average molecular weight is 249 g/mol. The van der Waals surface area contributed by atoms with Crippen LogP contribution >= 0.6 is 15.9 Å². The van der Waals surface area contributed by atoms with Crippen LogP contribution in [-0.4, -0.2) is 14.8 Å². The van der Waals surface area contributed by atoms with Gasteiger partial charge in [-0.3, -0.25) is 0 Å². The monoisotopic (exact) mass is 248 g/mol. The van der Waals surface area contributed by atoms with Gasteiger partial charge in [0.15, 0.2) is 11.5 Å². The summed E-state index contributed by atoms with van der Waals surface area (Å²) >= 11 is 3.29. The third-order valence-corrected chi connectivity index (χ3v) is 2.12. The maximum absolute atomic E-state index is 8.59. The number of aromatic nitrogens is 3. The van der Waals surface area contributed by atoms with Crippen molar-refractivity contribution in [3.05, 3.63) is 40.8 Å². The molecule has 2 rings (SSSR count). The molecule has 0 radical (unpaired) electrons. The van der Waals surface area contributed by atoms with E-state index in [4.69, 9.17) is 5.26 Å². The van der Waals surface area contributed by atoms with Gasteiger partial charge in [-0.05, 0) is 34.1 Å². The van der Waals surface area contributed by atoms with Crippen molar-refractivity contribution in [3.8, 4) is 11.9 Å². The van der Waals surface area contributed by atoms with Crippen LogP contribution in [0, 0.1) is 11.3 Å². The molecule has 0 amide bonds. The van der Waals surface area contributed by atoms with E-state index in [1.807, 2.05) is 18.2 Å². The highest BCUT2D eigenvalue weighted by molar-refractivity contribution is 9.10. The zero-order valence-corrected chi connectivity index (χ0v) is 8.64. The minimum absolute atomic E-state index is 0.384. The van der Waals surface area contributed by atoms with Crippen LogP contribution in [0.5, 0.6) is 0 Å². The van der Waals surface area contributed by atoms with Gasteiger partial charge in [-0.15, -0.1) is 0 Å². The van der Waals surface area contributed by atoms with Gasteiger partial charge < -0.3 is 0 Å². The molecule has 0 aliphatic carbocycles. The van der Waals surface area contributed by atoms with Crippen molar-refractivity contribution in [2.45, 2.75) is 0 Å². The summed E-state index contributed by atoms with van der Waals surface area (Å²) in [5, 5.41) is 12.6. The number of nitrogens with zero attached hydrogens (tertiary/aromatic N) is 4. The molecular formula is C9H5BrN4. The van der Waals surface area contributed by atoms with Gasteiger partial charge in [-0.2, -0.15) is 10.4 Å². The first-order valence-electron chi connectivity index (χ1n) is 3.87. The Kier molecular flexibility index (Phi) is 2.29. The Morgan fingerprint density at radius 2 is 2.21 bits per heavy atom. The largest absolute Gasteiger partial charge is 0.236 e. The van der Waals surface area contributed by atoms with Crippen molar-refractivity contribution >= 4 is 15.9 Å². The molecule has 0 unspecified atom stereocenters. The Balaban J connectivity index is 2.40. The highest BCUT2D eigenvalue weighted by Crippen LogP contribution is 2.10. The van der Waals surface area contributed by atoms with Crippen molar-refractivity contribution in [2.24, 2.45) is 0 Å². The summed E-state index contributed by atoms with van der Waals surface area (Å²) in [6.45, 7) is 0. The second-order valence-corrected chi connectivity index (χ2v) is 3.51. The lowest BCUT2D eigenvalue weighted by atomic mass is 10.5. The van der Waals surface area contributed by atoms with Crippen LogP contribution in [0.1, 0.15) is 5.69 Å². The molecule has 2 heterocycles. The molecule has 0 N–H and O–H groups in total. The van der Waals surface area contributed by atoms with E-state index in [-0.39, 0.29) is 0 Å². The second-order valence-electron chi connectivity index (χ2n) is 2.59. The molecule has 0 aromatic carbocycles. The van der Waals surface area contributed by atoms with Crippen LogP contribution in [0.3, 0.4) is 0 Å². The molecule has 68 valence electrons. The van der Waals surface area contributed by atoms with Gasteiger partial charge in [0.25, 0.3) is 0 Å². The van der Waals surface area contributed by atoms with Gasteiger partial charge in [0, 0.05) is 16.9 Å². The van der Waals surface area contributed by atoms with Gasteiger partial charge in [0.2, 0.25) is 0 Å². The number of pyridine rings is 1. The minimum Gasteiger partial charge on any atom is -0.236 e. The quantitative estimate of drug-likeness (QED) is 0.775. The Morgan fingerprint density at radius 1 is 1.36 bits per heavy atom. The summed E-state index contributed by atoms with van der Waals surface area (Å²) in [6.07, 6.45) is 3.39. The number of halogens is 1. The van der Waals surface area contributed by atoms with E-state index in [2.05, 4.69) is 26.0 Å². The number of hydrogen-bond acceptors (Lipinski definition) is 3. The van der Waals surface area contributed by atoms with E-state index in [0.29, 0.717) is 11.5 Å². The van der Waals surface area contributed by atoms with Crippen molar-refractivity contribution in [2.75, 3.05) is 0 Å². The Bertz CT molecular complexity index is 480. The lowest BCUT2D eigenvalue weighted by Crippen LogP contribution is -1.97. The van der Waals surface area contributed by atoms with Crippen molar-refractivity contribution in [1.29, 1.82) is 5.26 Å². The van der Waals surface area contributed by atoms with E-state index in [9.17, 15) is 0 Å². The van der Waals surface area contributed by atoms with Crippen molar-refractivity contribution in [3.63, 3.8) is 0 Å². The van der Waals surface area contributed by atoms with E-state index >= 15 is 0 Å². The zero-order chi connectivity index (χ0) is 9.97. The second kappa shape index (κ2) is 3.60. The maximum atomic E-state index is 8.59. The van der Waals surface area contributed by atoms with Gasteiger partial charge in [-0.1, -0.05) is 0 Å². The van der Waals surface area contributed by atoms with Gasteiger partial charge >= 0.3 is 0 Å². The zero-order valence-electron chi connectivity index (χ0n) is 7.05. The fraction of sp³-hybridized carbons (Fsp3) is 0. The predicted molar refractivity (Wildman–Crippen MR) is 53.8 cm³/mol. The smallest absolute Gasteiger partial charge is 0.162 e. The Morgan fingerprint density at radius 3 is 2.79 bits per heavy atom. The summed E-state index contributed by atoms with van der Waals surface area (Å²) in [6, 6.07) is 7.29. The van der Waals surface area contributed by atoms with Crippen molar-refractivity contribution in [1.82, 2.24) is 14.8 Å². The average Bonchev–Trinajstić information content (AvgIpc) is 2.67. The lowest BCUT2D eigenvalue weighted by molar-refractivity contribution is 0.840. The van der Waals surface area contributed by atoms with Gasteiger partial charge in [0.1, 0.15) is 6.07 Å². The Hall–Kier alpha value is -1.67. The lowest BCUT2D eigenvalue weighted by Gasteiger charge is -1.98. The van der Waals surface area contributed by atoms with Gasteiger partial charge in [-0.25, -0.2) is 9.67 Å². The molecule has 0 spiro atoms. The number of hydrogen-bond donors (Lipinski definition) is 0. The summed E-state index contributed by atoms with van der Waals surface area (Å²) in [5.74, 6) is 0.690. The third kappa shape index (κ3) is 1.65. The molecular weight excluding hydrogens is 244 g/mol. The number of nitriles is 1.